The molecule has 0 amide bonds. The molecule has 0 aromatic carbocycles. The van der Waals surface area contributed by atoms with E-state index in [1.807, 2.05) is 5.38 Å². The van der Waals surface area contributed by atoms with Crippen molar-refractivity contribution >= 4 is 17.1 Å². The highest BCUT2D eigenvalue weighted by Gasteiger charge is 2.37. The molecule has 0 spiro atoms. The summed E-state index contributed by atoms with van der Waals surface area (Å²) >= 11 is 1.45. The van der Waals surface area contributed by atoms with Crippen LogP contribution in [0.1, 0.15) is 58.8 Å². The van der Waals surface area contributed by atoms with Crippen LogP contribution in [0.5, 0.6) is 0 Å². The molecule has 0 bridgehead atoms. The highest BCUT2D eigenvalue weighted by atomic mass is 32.1. The summed E-state index contributed by atoms with van der Waals surface area (Å²) in [5.41, 5.74) is 0.656. The van der Waals surface area contributed by atoms with Crippen LogP contribution in [0, 0.1) is 0 Å². The maximum atomic E-state index is 13.2. The molecule has 0 saturated heterocycles. The summed E-state index contributed by atoms with van der Waals surface area (Å²) in [6, 6.07) is 1.75. The molecule has 0 atom stereocenters. The lowest BCUT2D eigenvalue weighted by Gasteiger charge is -2.20. The van der Waals surface area contributed by atoms with Crippen molar-refractivity contribution in [2.45, 2.75) is 51.1 Å². The van der Waals surface area contributed by atoms with Crippen LogP contribution in [0.15, 0.2) is 16.8 Å². The molecule has 0 saturated carbocycles. The fourth-order valence-electron chi connectivity index (χ4n) is 2.97. The molecule has 3 nitrogen and oxygen atoms in total. The first-order valence-corrected chi connectivity index (χ1v) is 8.90. The molecular formula is C17H17F3N2OS. The summed E-state index contributed by atoms with van der Waals surface area (Å²) in [6.45, 7) is 0. The normalized spacial score (nSPS) is 14.5. The number of carbonyl (C=O) groups is 1. The van der Waals surface area contributed by atoms with Crippen molar-refractivity contribution < 1.29 is 18.0 Å². The number of hydrogen-bond acceptors (Lipinski definition) is 4. The molecular weight excluding hydrogens is 337 g/mol. The summed E-state index contributed by atoms with van der Waals surface area (Å²) in [5.74, 6) is 0.200. The number of thiophene rings is 1. The fraction of sp³-hybridized carbons (Fsp3) is 0.471. The second-order valence-electron chi connectivity index (χ2n) is 5.91. The van der Waals surface area contributed by atoms with Crippen LogP contribution in [0.4, 0.5) is 13.2 Å². The Labute approximate surface area is 142 Å². The fourth-order valence-corrected chi connectivity index (χ4v) is 3.63. The average molecular weight is 354 g/mol. The quantitative estimate of drug-likeness (QED) is 0.735. The summed E-state index contributed by atoms with van der Waals surface area (Å²) in [4.78, 5) is 20.0. The van der Waals surface area contributed by atoms with Gasteiger partial charge in [0.2, 0.25) is 0 Å². The van der Waals surface area contributed by atoms with Crippen LogP contribution in [-0.2, 0) is 25.4 Å². The lowest BCUT2D eigenvalue weighted by Crippen LogP contribution is -2.20. The first-order valence-electron chi connectivity index (χ1n) is 7.96. The zero-order chi connectivity index (χ0) is 17.2. The molecule has 0 radical (unpaired) electrons. The number of ketones is 1. The number of alkyl halides is 3. The Bertz CT molecular complexity index is 726. The minimum absolute atomic E-state index is 0.00487. The van der Waals surface area contributed by atoms with E-state index < -0.39 is 11.9 Å². The van der Waals surface area contributed by atoms with E-state index in [4.69, 9.17) is 0 Å². The van der Waals surface area contributed by atoms with Crippen LogP contribution >= 0.6 is 11.3 Å². The molecule has 0 unspecified atom stereocenters. The molecule has 1 aliphatic carbocycles. The third kappa shape index (κ3) is 3.83. The number of halogens is 3. The van der Waals surface area contributed by atoms with E-state index in [2.05, 4.69) is 9.97 Å². The van der Waals surface area contributed by atoms with Gasteiger partial charge >= 0.3 is 6.18 Å². The number of rotatable bonds is 5. The predicted octanol–water partition coefficient (Wildman–Crippen LogP) is 4.64. The first kappa shape index (κ1) is 17.1. The van der Waals surface area contributed by atoms with Gasteiger partial charge in [0.15, 0.2) is 11.5 Å². The van der Waals surface area contributed by atoms with Crippen LogP contribution < -0.4 is 0 Å². The van der Waals surface area contributed by atoms with Gasteiger partial charge in [0.25, 0.3) is 0 Å². The maximum absolute atomic E-state index is 13.2. The second-order valence-corrected chi connectivity index (χ2v) is 6.69. The van der Waals surface area contributed by atoms with Gasteiger partial charge in [-0.2, -0.15) is 24.5 Å². The molecule has 7 heteroatoms. The number of aryl methyl sites for hydroxylation is 2. The van der Waals surface area contributed by atoms with Gasteiger partial charge in [-0.15, -0.1) is 0 Å². The van der Waals surface area contributed by atoms with Crippen LogP contribution in [0.2, 0.25) is 0 Å². The Hall–Kier alpha value is -1.76. The highest BCUT2D eigenvalue weighted by molar-refractivity contribution is 7.08. The van der Waals surface area contributed by atoms with Crippen molar-refractivity contribution in [3.63, 3.8) is 0 Å². The predicted molar refractivity (Wildman–Crippen MR) is 85.3 cm³/mol. The zero-order valence-corrected chi connectivity index (χ0v) is 13.8. The molecule has 128 valence electrons. The lowest BCUT2D eigenvalue weighted by atomic mass is 9.94. The monoisotopic (exact) mass is 354 g/mol. The van der Waals surface area contributed by atoms with Gasteiger partial charge in [-0.3, -0.25) is 4.79 Å². The van der Waals surface area contributed by atoms with E-state index in [1.54, 1.807) is 11.4 Å². The summed E-state index contributed by atoms with van der Waals surface area (Å²) < 4.78 is 39.7. The second kappa shape index (κ2) is 7.01. The average Bonchev–Trinajstić information content (AvgIpc) is 3.07. The number of aromatic nitrogens is 2. The molecule has 0 fully saturated rings. The van der Waals surface area contributed by atoms with Crippen molar-refractivity contribution in [3.05, 3.63) is 45.2 Å². The van der Waals surface area contributed by atoms with E-state index in [0.717, 1.165) is 12.8 Å². The third-order valence-corrected chi connectivity index (χ3v) is 4.83. The van der Waals surface area contributed by atoms with E-state index in [1.165, 1.54) is 11.3 Å². The van der Waals surface area contributed by atoms with Gasteiger partial charge in [0, 0.05) is 35.0 Å². The number of nitrogens with zero attached hydrogens (tertiary/aromatic N) is 2. The number of carbonyl (C=O) groups excluding carboxylic acids is 1. The Kier molecular flexibility index (Phi) is 4.99. The van der Waals surface area contributed by atoms with E-state index in [-0.39, 0.29) is 23.6 Å². The summed E-state index contributed by atoms with van der Waals surface area (Å²) in [5, 5.41) is 3.61. The standard InChI is InChI=1S/C17H17F3N2OS/c18-17(19,20)16-12-4-1-2-5-13(12)21-15(22-16)7-3-6-14(23)11-8-9-24-10-11/h8-10H,1-7H2. The third-order valence-electron chi connectivity index (χ3n) is 4.15. The van der Waals surface area contributed by atoms with Crippen molar-refractivity contribution in [2.75, 3.05) is 0 Å². The van der Waals surface area contributed by atoms with Crippen molar-refractivity contribution in [2.24, 2.45) is 0 Å². The SMILES string of the molecule is O=C(CCCc1nc2c(c(C(F)(F)F)n1)CCCC2)c1ccsc1. The van der Waals surface area contributed by atoms with Gasteiger partial charge in [-0.05, 0) is 43.6 Å². The van der Waals surface area contributed by atoms with Crippen molar-refractivity contribution in [1.82, 2.24) is 9.97 Å². The minimum Gasteiger partial charge on any atom is -0.294 e. The van der Waals surface area contributed by atoms with Gasteiger partial charge in [-0.1, -0.05) is 0 Å². The van der Waals surface area contributed by atoms with Crippen LogP contribution in [0.3, 0.4) is 0 Å². The van der Waals surface area contributed by atoms with Gasteiger partial charge in [0.1, 0.15) is 5.82 Å². The van der Waals surface area contributed by atoms with E-state index in [0.29, 0.717) is 36.9 Å². The lowest BCUT2D eigenvalue weighted by molar-refractivity contribution is -0.142. The summed E-state index contributed by atoms with van der Waals surface area (Å²) in [6.07, 6.45) is -0.866. The maximum Gasteiger partial charge on any atom is 0.433 e. The molecule has 3 rings (SSSR count). The van der Waals surface area contributed by atoms with Crippen molar-refractivity contribution in [1.29, 1.82) is 0 Å². The molecule has 24 heavy (non-hydrogen) atoms. The smallest absolute Gasteiger partial charge is 0.294 e. The molecule has 1 aliphatic rings. The van der Waals surface area contributed by atoms with Crippen LogP contribution in [-0.4, -0.2) is 15.8 Å². The van der Waals surface area contributed by atoms with Gasteiger partial charge in [-0.25, -0.2) is 9.97 Å². The number of Topliss-reactive ketones (excluding diaryl/α,β-unsaturated/α-hetero) is 1. The molecule has 2 aromatic heterocycles. The number of hydrogen-bond donors (Lipinski definition) is 0. The highest BCUT2D eigenvalue weighted by Crippen LogP contribution is 2.34. The van der Waals surface area contributed by atoms with Crippen LogP contribution in [0.25, 0.3) is 0 Å². The minimum atomic E-state index is -4.45. The topological polar surface area (TPSA) is 42.9 Å². The van der Waals surface area contributed by atoms with E-state index >= 15 is 0 Å². The Morgan fingerprint density at radius 2 is 2.00 bits per heavy atom. The largest absolute Gasteiger partial charge is 0.433 e. The Balaban J connectivity index is 1.73. The zero-order valence-electron chi connectivity index (χ0n) is 13.0. The van der Waals surface area contributed by atoms with Gasteiger partial charge < -0.3 is 0 Å². The first-order chi connectivity index (χ1) is 11.4. The van der Waals surface area contributed by atoms with E-state index in [9.17, 15) is 18.0 Å². The van der Waals surface area contributed by atoms with Crippen molar-refractivity contribution in [3.8, 4) is 0 Å². The molecule has 0 aliphatic heterocycles. The molecule has 2 aromatic rings. The molecule has 0 N–H and O–H groups in total. The Morgan fingerprint density at radius 3 is 2.71 bits per heavy atom. The van der Waals surface area contributed by atoms with Gasteiger partial charge in [0.05, 0.1) is 0 Å². The summed E-state index contributed by atoms with van der Waals surface area (Å²) in [7, 11) is 0. The Morgan fingerprint density at radius 1 is 1.21 bits per heavy atom. The molecule has 2 heterocycles. The number of fused-ring (bicyclic) bond motifs is 1.